The summed E-state index contributed by atoms with van der Waals surface area (Å²) in [6.45, 7) is 0. The number of hydrogen-bond donors (Lipinski definition) is 0. The summed E-state index contributed by atoms with van der Waals surface area (Å²) in [5, 5.41) is 0.611. The van der Waals surface area contributed by atoms with Gasteiger partial charge in [0.15, 0.2) is 0 Å². The minimum atomic E-state index is -1.21. The Morgan fingerprint density at radius 2 is 1.68 bits per heavy atom. The van der Waals surface area contributed by atoms with Gasteiger partial charge in [0, 0.05) is 6.20 Å². The zero-order valence-corrected chi connectivity index (χ0v) is 10.8. The molecule has 0 bridgehead atoms. The van der Waals surface area contributed by atoms with E-state index in [2.05, 4.69) is 4.98 Å². The Balaban J connectivity index is 1.96. The lowest BCUT2D eigenvalue weighted by Crippen LogP contribution is -1.92. The van der Waals surface area contributed by atoms with Crippen LogP contribution in [0.15, 0.2) is 59.8 Å². The maximum atomic E-state index is 12.5. The third-order valence-corrected chi connectivity index (χ3v) is 4.59. The van der Waals surface area contributed by atoms with Gasteiger partial charge in [-0.25, -0.2) is 9.19 Å². The van der Waals surface area contributed by atoms with Crippen molar-refractivity contribution in [3.63, 3.8) is 0 Å². The van der Waals surface area contributed by atoms with Crippen molar-refractivity contribution in [2.75, 3.05) is 0 Å². The number of fused-ring (bicyclic) bond motifs is 3. The van der Waals surface area contributed by atoms with Crippen molar-refractivity contribution >= 4 is 32.9 Å². The first-order valence-electron chi connectivity index (χ1n) is 6.00. The highest BCUT2D eigenvalue weighted by molar-refractivity contribution is 7.95. The maximum absolute atomic E-state index is 12.5. The summed E-state index contributed by atoms with van der Waals surface area (Å²) in [5.74, 6) is 0. The van der Waals surface area contributed by atoms with E-state index in [0.29, 0.717) is 5.16 Å². The average Bonchev–Trinajstić information content (AvgIpc) is 2.98. The van der Waals surface area contributed by atoms with Gasteiger partial charge in [-0.15, -0.1) is 0 Å². The van der Waals surface area contributed by atoms with Crippen LogP contribution in [0.5, 0.6) is 0 Å². The summed E-state index contributed by atoms with van der Waals surface area (Å²) in [6.07, 6.45) is 1.93. The molecule has 0 aliphatic carbocycles. The van der Waals surface area contributed by atoms with Gasteiger partial charge in [0.05, 0.1) is 15.9 Å². The molecule has 0 fully saturated rings. The van der Waals surface area contributed by atoms with Gasteiger partial charge in [-0.2, -0.15) is 0 Å². The Morgan fingerprint density at radius 1 is 0.947 bits per heavy atom. The monoisotopic (exact) mass is 266 g/mol. The fourth-order valence-corrected chi connectivity index (χ4v) is 3.58. The summed E-state index contributed by atoms with van der Waals surface area (Å²) in [7, 11) is -1.21. The van der Waals surface area contributed by atoms with E-state index in [0.717, 1.165) is 21.5 Å². The van der Waals surface area contributed by atoms with Gasteiger partial charge in [0.2, 0.25) is 5.16 Å². The number of para-hydroxylation sites is 2. The van der Waals surface area contributed by atoms with Gasteiger partial charge >= 0.3 is 0 Å². The molecule has 2 aromatic carbocycles. The van der Waals surface area contributed by atoms with Gasteiger partial charge in [0.25, 0.3) is 0 Å². The average molecular weight is 266 g/mol. The molecule has 92 valence electrons. The molecule has 0 radical (unpaired) electrons. The van der Waals surface area contributed by atoms with E-state index < -0.39 is 10.8 Å². The van der Waals surface area contributed by atoms with Crippen LogP contribution < -0.4 is 0 Å². The number of nitrogens with zero attached hydrogens (tertiary/aromatic N) is 2. The summed E-state index contributed by atoms with van der Waals surface area (Å²) >= 11 is 0. The van der Waals surface area contributed by atoms with Crippen LogP contribution in [0.4, 0.5) is 0 Å². The quantitative estimate of drug-likeness (QED) is 0.678. The van der Waals surface area contributed by atoms with Crippen molar-refractivity contribution in [2.24, 2.45) is 0 Å². The van der Waals surface area contributed by atoms with Gasteiger partial charge < -0.3 is 0 Å². The third-order valence-electron chi connectivity index (χ3n) is 3.23. The van der Waals surface area contributed by atoms with Crippen LogP contribution in [0.3, 0.4) is 0 Å². The first kappa shape index (κ1) is 10.7. The second-order valence-corrected chi connectivity index (χ2v) is 5.72. The molecule has 0 saturated heterocycles. The zero-order valence-electron chi connectivity index (χ0n) is 9.98. The van der Waals surface area contributed by atoms with E-state index in [1.807, 2.05) is 65.4 Å². The van der Waals surface area contributed by atoms with Crippen molar-refractivity contribution in [1.29, 1.82) is 0 Å². The number of hydrogen-bond acceptors (Lipinski definition) is 2. The van der Waals surface area contributed by atoms with E-state index in [4.69, 9.17) is 0 Å². The zero-order chi connectivity index (χ0) is 12.8. The van der Waals surface area contributed by atoms with Gasteiger partial charge in [-0.1, -0.05) is 42.5 Å². The summed E-state index contributed by atoms with van der Waals surface area (Å²) in [6, 6.07) is 17.6. The molecule has 1 aromatic heterocycles. The van der Waals surface area contributed by atoms with Crippen LogP contribution in [-0.4, -0.2) is 13.8 Å². The Hall–Kier alpha value is -2.20. The minimum Gasteiger partial charge on any atom is -0.291 e. The van der Waals surface area contributed by atoms with Crippen molar-refractivity contribution in [1.82, 2.24) is 9.55 Å². The van der Waals surface area contributed by atoms with E-state index in [1.165, 1.54) is 0 Å². The second-order valence-electron chi connectivity index (χ2n) is 4.38. The van der Waals surface area contributed by atoms with E-state index >= 15 is 0 Å². The highest BCUT2D eigenvalue weighted by Crippen LogP contribution is 2.33. The van der Waals surface area contributed by atoms with Crippen molar-refractivity contribution in [3.8, 4) is 0 Å². The van der Waals surface area contributed by atoms with Crippen LogP contribution >= 0.6 is 0 Å². The Morgan fingerprint density at radius 3 is 2.53 bits per heavy atom. The molecule has 3 aromatic rings. The molecule has 19 heavy (non-hydrogen) atoms. The van der Waals surface area contributed by atoms with Crippen molar-refractivity contribution < 1.29 is 4.21 Å². The first-order chi connectivity index (χ1) is 9.34. The molecule has 0 N–H and O–H groups in total. The maximum Gasteiger partial charge on any atom is 0.209 e. The highest BCUT2D eigenvalue weighted by atomic mass is 32.2. The van der Waals surface area contributed by atoms with Gasteiger partial charge in [-0.05, 0) is 17.7 Å². The lowest BCUT2D eigenvalue weighted by atomic mass is 10.2. The molecule has 1 aliphatic rings. The molecular formula is C15H10N2OS. The topological polar surface area (TPSA) is 34.9 Å². The Bertz CT molecular complexity index is 834. The van der Waals surface area contributed by atoms with E-state index in [1.54, 1.807) is 0 Å². The third kappa shape index (κ3) is 1.50. The Kier molecular flexibility index (Phi) is 2.19. The van der Waals surface area contributed by atoms with Crippen LogP contribution in [0.25, 0.3) is 22.1 Å². The lowest BCUT2D eigenvalue weighted by molar-refractivity contribution is 0.683. The molecule has 0 amide bonds. The van der Waals surface area contributed by atoms with Crippen molar-refractivity contribution in [2.45, 2.75) is 5.16 Å². The molecule has 1 atom stereocenters. The fraction of sp³-hybridized carbons (Fsp3) is 0. The van der Waals surface area contributed by atoms with Crippen LogP contribution in [0, 0.1) is 0 Å². The molecule has 3 nitrogen and oxygen atoms in total. The normalized spacial score (nSPS) is 17.5. The molecule has 4 heteroatoms. The summed E-state index contributed by atoms with van der Waals surface area (Å²) in [4.78, 5) is 5.27. The predicted octanol–water partition coefficient (Wildman–Crippen LogP) is 3.11. The molecule has 2 heterocycles. The van der Waals surface area contributed by atoms with Gasteiger partial charge in [-0.3, -0.25) is 4.57 Å². The summed E-state index contributed by atoms with van der Waals surface area (Å²) < 4.78 is 14.5. The fourth-order valence-electron chi connectivity index (χ4n) is 2.33. The Labute approximate surface area is 112 Å². The van der Waals surface area contributed by atoms with Crippen molar-refractivity contribution in [3.05, 3.63) is 60.2 Å². The van der Waals surface area contributed by atoms with E-state index in [9.17, 15) is 4.21 Å². The molecule has 1 unspecified atom stereocenters. The molecule has 0 spiro atoms. The number of rotatable bonds is 1. The number of benzene rings is 2. The number of imidazole rings is 1. The van der Waals surface area contributed by atoms with Crippen LogP contribution in [0.1, 0.15) is 5.56 Å². The largest absolute Gasteiger partial charge is 0.291 e. The highest BCUT2D eigenvalue weighted by Gasteiger charge is 2.26. The van der Waals surface area contributed by atoms with Crippen LogP contribution in [-0.2, 0) is 10.8 Å². The lowest BCUT2D eigenvalue weighted by Gasteiger charge is -1.99. The van der Waals surface area contributed by atoms with Gasteiger partial charge in [0.1, 0.15) is 10.8 Å². The molecule has 1 aliphatic heterocycles. The molecule has 0 saturated carbocycles. The first-order valence-corrected chi connectivity index (χ1v) is 7.15. The smallest absolute Gasteiger partial charge is 0.209 e. The predicted molar refractivity (Wildman–Crippen MR) is 76.8 cm³/mol. The summed E-state index contributed by atoms with van der Waals surface area (Å²) in [5.41, 5.74) is 2.86. The number of aromatic nitrogens is 2. The second kappa shape index (κ2) is 3.90. The van der Waals surface area contributed by atoms with E-state index in [-0.39, 0.29) is 0 Å². The standard InChI is InChI=1S/C15H10N2OS/c18-19-14(11-6-2-1-3-7-11)10-17-13-9-5-4-8-12(13)16-15(17)19/h1-10H. The molecular weight excluding hydrogens is 256 g/mol. The minimum absolute atomic E-state index is 0.611. The molecule has 4 rings (SSSR count). The SMILES string of the molecule is O=S1C(c2ccccc2)=Cn2c1nc1ccccc12. The van der Waals surface area contributed by atoms with Crippen LogP contribution in [0.2, 0.25) is 0 Å².